The first-order valence-corrected chi connectivity index (χ1v) is 6.72. The highest BCUT2D eigenvalue weighted by Crippen LogP contribution is 2.33. The van der Waals surface area contributed by atoms with E-state index in [0.717, 1.165) is 21.0 Å². The van der Waals surface area contributed by atoms with E-state index in [1.54, 1.807) is 0 Å². The fourth-order valence-electron chi connectivity index (χ4n) is 1.94. The van der Waals surface area contributed by atoms with Gasteiger partial charge in [0.1, 0.15) is 0 Å². The molecule has 2 heterocycles. The van der Waals surface area contributed by atoms with Gasteiger partial charge in [0.25, 0.3) is 5.89 Å². The summed E-state index contributed by atoms with van der Waals surface area (Å²) in [6.07, 6.45) is 0. The maximum absolute atomic E-state index is 5.78. The molecule has 4 nitrogen and oxygen atoms in total. The lowest BCUT2D eigenvalue weighted by Crippen LogP contribution is -1.82. The fraction of sp³-hybridized carbons (Fsp3) is 0.143. The molecule has 0 saturated carbocycles. The number of nitrogens with zero attached hydrogens (tertiary/aromatic N) is 2. The molecule has 0 fully saturated rings. The minimum absolute atomic E-state index is 0.524. The van der Waals surface area contributed by atoms with Crippen LogP contribution in [-0.4, -0.2) is 10.1 Å². The van der Waals surface area contributed by atoms with Crippen LogP contribution in [0.5, 0.6) is 0 Å². The molecule has 0 radical (unpaired) electrons. The lowest BCUT2D eigenvalue weighted by atomic mass is 10.1. The molecule has 3 rings (SSSR count). The van der Waals surface area contributed by atoms with E-state index in [0.29, 0.717) is 11.7 Å². The summed E-state index contributed by atoms with van der Waals surface area (Å²) in [4.78, 5) is 5.38. The number of aryl methyl sites for hydroxylation is 2. The van der Waals surface area contributed by atoms with Crippen molar-refractivity contribution in [2.45, 2.75) is 13.8 Å². The van der Waals surface area contributed by atoms with Crippen LogP contribution in [0.1, 0.15) is 11.1 Å². The van der Waals surface area contributed by atoms with Crippen LogP contribution in [0.15, 0.2) is 34.9 Å². The monoisotopic (exact) mass is 271 g/mol. The molecule has 0 aliphatic heterocycles. The largest absolute Gasteiger partial charge is 0.391 e. The van der Waals surface area contributed by atoms with Gasteiger partial charge in [-0.1, -0.05) is 28.9 Å². The third kappa shape index (κ3) is 2.24. The van der Waals surface area contributed by atoms with Crippen molar-refractivity contribution in [3.63, 3.8) is 0 Å². The van der Waals surface area contributed by atoms with Crippen LogP contribution in [0.3, 0.4) is 0 Å². The molecule has 0 bridgehead atoms. The van der Waals surface area contributed by atoms with Crippen LogP contribution in [-0.2, 0) is 0 Å². The molecule has 0 saturated heterocycles. The molecule has 0 aliphatic carbocycles. The SMILES string of the molecule is Cc1cccc(-c2noc(-c3sc(N)cc3C)n2)c1. The van der Waals surface area contributed by atoms with Gasteiger partial charge in [-0.15, -0.1) is 11.3 Å². The van der Waals surface area contributed by atoms with Crippen LogP contribution in [0.4, 0.5) is 5.00 Å². The van der Waals surface area contributed by atoms with Crippen LogP contribution in [0.25, 0.3) is 22.2 Å². The molecule has 0 atom stereocenters. The molecule has 19 heavy (non-hydrogen) atoms. The summed E-state index contributed by atoms with van der Waals surface area (Å²) in [7, 11) is 0. The van der Waals surface area contributed by atoms with E-state index in [9.17, 15) is 0 Å². The Morgan fingerprint density at radius 2 is 2.05 bits per heavy atom. The molecule has 3 aromatic rings. The smallest absolute Gasteiger partial charge is 0.268 e. The average molecular weight is 271 g/mol. The number of rotatable bonds is 2. The van der Waals surface area contributed by atoms with Gasteiger partial charge in [-0.3, -0.25) is 0 Å². The van der Waals surface area contributed by atoms with Crippen molar-refractivity contribution in [2.24, 2.45) is 0 Å². The van der Waals surface area contributed by atoms with Gasteiger partial charge >= 0.3 is 0 Å². The maximum Gasteiger partial charge on any atom is 0.268 e. The lowest BCUT2D eigenvalue weighted by Gasteiger charge is -1.95. The van der Waals surface area contributed by atoms with E-state index in [1.165, 1.54) is 16.9 Å². The minimum Gasteiger partial charge on any atom is -0.391 e. The number of hydrogen-bond donors (Lipinski definition) is 1. The Labute approximate surface area is 114 Å². The molecule has 2 aromatic heterocycles. The first kappa shape index (κ1) is 11.9. The Hall–Kier alpha value is -2.14. The maximum atomic E-state index is 5.78. The molecule has 2 N–H and O–H groups in total. The molecule has 0 aliphatic rings. The second-order valence-electron chi connectivity index (χ2n) is 4.45. The van der Waals surface area contributed by atoms with Crippen LogP contribution in [0.2, 0.25) is 0 Å². The zero-order valence-corrected chi connectivity index (χ0v) is 11.5. The van der Waals surface area contributed by atoms with Crippen molar-refractivity contribution < 1.29 is 4.52 Å². The molecule has 1 aromatic carbocycles. The summed E-state index contributed by atoms with van der Waals surface area (Å²) < 4.78 is 5.33. The van der Waals surface area contributed by atoms with Gasteiger partial charge in [0.15, 0.2) is 0 Å². The van der Waals surface area contributed by atoms with Gasteiger partial charge in [-0.25, -0.2) is 0 Å². The summed E-state index contributed by atoms with van der Waals surface area (Å²) in [5.74, 6) is 1.13. The van der Waals surface area contributed by atoms with E-state index in [1.807, 2.05) is 44.2 Å². The summed E-state index contributed by atoms with van der Waals surface area (Å²) in [6, 6.07) is 9.93. The number of aromatic nitrogens is 2. The molecule has 0 spiro atoms. The predicted molar refractivity (Wildman–Crippen MR) is 76.9 cm³/mol. The van der Waals surface area contributed by atoms with Gasteiger partial charge in [0.2, 0.25) is 5.82 Å². The molecule has 0 amide bonds. The highest BCUT2D eigenvalue weighted by atomic mass is 32.1. The lowest BCUT2D eigenvalue weighted by molar-refractivity contribution is 0.433. The molecular weight excluding hydrogens is 258 g/mol. The van der Waals surface area contributed by atoms with Crippen molar-refractivity contribution in [1.29, 1.82) is 0 Å². The first-order valence-electron chi connectivity index (χ1n) is 5.90. The van der Waals surface area contributed by atoms with Gasteiger partial charge in [0, 0.05) is 5.56 Å². The van der Waals surface area contributed by atoms with E-state index in [-0.39, 0.29) is 0 Å². The van der Waals surface area contributed by atoms with Crippen LogP contribution < -0.4 is 5.73 Å². The molecule has 5 heteroatoms. The third-order valence-electron chi connectivity index (χ3n) is 2.83. The highest BCUT2D eigenvalue weighted by Gasteiger charge is 2.15. The van der Waals surface area contributed by atoms with Crippen molar-refractivity contribution in [1.82, 2.24) is 10.1 Å². The number of hydrogen-bond acceptors (Lipinski definition) is 5. The van der Waals surface area contributed by atoms with Crippen molar-refractivity contribution in [3.05, 3.63) is 41.5 Å². The molecular formula is C14H13N3OS. The number of benzene rings is 1. The predicted octanol–water partition coefficient (Wildman–Crippen LogP) is 3.66. The van der Waals surface area contributed by atoms with Gasteiger partial charge in [-0.2, -0.15) is 4.98 Å². The Bertz CT molecular complexity index is 730. The van der Waals surface area contributed by atoms with Gasteiger partial charge in [-0.05, 0) is 31.5 Å². The fourth-order valence-corrected chi connectivity index (χ4v) is 2.80. The second kappa shape index (κ2) is 4.51. The number of thiophene rings is 1. The second-order valence-corrected chi connectivity index (χ2v) is 5.54. The van der Waals surface area contributed by atoms with E-state index < -0.39 is 0 Å². The number of anilines is 1. The van der Waals surface area contributed by atoms with Crippen molar-refractivity contribution >= 4 is 16.3 Å². The van der Waals surface area contributed by atoms with Gasteiger partial charge in [0.05, 0.1) is 9.88 Å². The van der Waals surface area contributed by atoms with E-state index in [4.69, 9.17) is 10.3 Å². The Kier molecular flexibility index (Phi) is 2.83. The summed E-state index contributed by atoms with van der Waals surface area (Å²) >= 11 is 1.46. The Morgan fingerprint density at radius 3 is 2.74 bits per heavy atom. The zero-order chi connectivity index (χ0) is 13.4. The standard InChI is InChI=1S/C14H13N3OS/c1-8-4-3-5-10(6-8)13-16-14(18-17-13)12-9(2)7-11(15)19-12/h3-7H,15H2,1-2H3. The summed E-state index contributed by atoms with van der Waals surface area (Å²) in [5.41, 5.74) is 8.96. The normalized spacial score (nSPS) is 10.8. The molecule has 96 valence electrons. The topological polar surface area (TPSA) is 64.9 Å². The Morgan fingerprint density at radius 1 is 1.21 bits per heavy atom. The van der Waals surface area contributed by atoms with Crippen LogP contribution in [0, 0.1) is 13.8 Å². The summed E-state index contributed by atoms with van der Waals surface area (Å²) in [5, 5.41) is 4.79. The first-order chi connectivity index (χ1) is 9.13. The van der Waals surface area contributed by atoms with Gasteiger partial charge < -0.3 is 10.3 Å². The molecule has 0 unspecified atom stereocenters. The zero-order valence-electron chi connectivity index (χ0n) is 10.7. The van der Waals surface area contributed by atoms with Crippen molar-refractivity contribution in [2.75, 3.05) is 5.73 Å². The summed E-state index contributed by atoms with van der Waals surface area (Å²) in [6.45, 7) is 4.02. The number of nitrogens with two attached hydrogens (primary N) is 1. The minimum atomic E-state index is 0.524. The highest BCUT2D eigenvalue weighted by molar-refractivity contribution is 7.19. The average Bonchev–Trinajstić information content (AvgIpc) is 2.96. The Balaban J connectivity index is 2.02. The van der Waals surface area contributed by atoms with E-state index in [2.05, 4.69) is 10.1 Å². The third-order valence-corrected chi connectivity index (χ3v) is 3.89. The van der Waals surface area contributed by atoms with E-state index >= 15 is 0 Å². The van der Waals surface area contributed by atoms with Crippen molar-refractivity contribution in [3.8, 4) is 22.2 Å². The van der Waals surface area contributed by atoms with Crippen LogP contribution >= 0.6 is 11.3 Å². The number of nitrogen functional groups attached to an aromatic ring is 1. The quantitative estimate of drug-likeness (QED) is 0.772.